The van der Waals surface area contributed by atoms with Crippen LogP contribution >= 0.6 is 0 Å². The predicted molar refractivity (Wildman–Crippen MR) is 74.5 cm³/mol. The molecule has 3 heteroatoms. The summed E-state index contributed by atoms with van der Waals surface area (Å²) in [4.78, 5) is 0. The molecule has 0 atom stereocenters. The molecule has 2 aromatic rings. The maximum Gasteiger partial charge on any atom is 0.263 e. The lowest BCUT2D eigenvalue weighted by Gasteiger charge is -2.18. The van der Waals surface area contributed by atoms with Crippen LogP contribution in [0.5, 0.6) is 11.5 Å². The lowest BCUT2D eigenvalue weighted by molar-refractivity contribution is -0.0350. The summed E-state index contributed by atoms with van der Waals surface area (Å²) in [5.74, 6) is 1.36. The molecule has 1 N–H and O–H groups in total. The Labute approximate surface area is 113 Å². The first-order valence-electron chi connectivity index (χ1n) is 6.25. The van der Waals surface area contributed by atoms with Gasteiger partial charge in [-0.1, -0.05) is 35.4 Å². The minimum absolute atomic E-state index is 0.207. The fraction of sp³-hybridized carbons (Fsp3) is 0.250. The molecule has 0 unspecified atom stereocenters. The van der Waals surface area contributed by atoms with Gasteiger partial charge in [0.2, 0.25) is 0 Å². The first-order chi connectivity index (χ1) is 9.17. The smallest absolute Gasteiger partial charge is 0.263 e. The van der Waals surface area contributed by atoms with E-state index >= 15 is 0 Å². The molecule has 0 aliphatic rings. The number of aryl methyl sites for hydroxylation is 2. The molecule has 0 aromatic heterocycles. The molecular formula is C16H18O3. The Kier molecular flexibility index (Phi) is 4.42. The summed E-state index contributed by atoms with van der Waals surface area (Å²) in [6.07, 6.45) is -0.703. The van der Waals surface area contributed by atoms with Gasteiger partial charge in [0.15, 0.2) is 0 Å². The third-order valence-corrected chi connectivity index (χ3v) is 2.73. The van der Waals surface area contributed by atoms with Gasteiger partial charge in [0, 0.05) is 0 Å². The Balaban J connectivity index is 2.00. The number of ether oxygens (including phenoxy) is 2. The highest BCUT2D eigenvalue weighted by molar-refractivity contribution is 5.28. The van der Waals surface area contributed by atoms with Gasteiger partial charge in [0.25, 0.3) is 6.29 Å². The van der Waals surface area contributed by atoms with Crippen molar-refractivity contribution in [3.05, 3.63) is 59.7 Å². The van der Waals surface area contributed by atoms with E-state index in [9.17, 15) is 5.11 Å². The fourth-order valence-electron chi connectivity index (χ4n) is 1.64. The monoisotopic (exact) mass is 258 g/mol. The normalized spacial score (nSPS) is 10.5. The number of hydrogen-bond donors (Lipinski definition) is 1. The largest absolute Gasteiger partial charge is 0.452 e. The van der Waals surface area contributed by atoms with Crippen molar-refractivity contribution in [1.82, 2.24) is 0 Å². The number of rotatable bonds is 5. The number of aliphatic hydroxyl groups is 1. The zero-order valence-corrected chi connectivity index (χ0v) is 11.2. The first kappa shape index (κ1) is 13.4. The van der Waals surface area contributed by atoms with Crippen molar-refractivity contribution in [2.24, 2.45) is 0 Å². The van der Waals surface area contributed by atoms with Gasteiger partial charge >= 0.3 is 0 Å². The van der Waals surface area contributed by atoms with Crippen LogP contribution in [0.25, 0.3) is 0 Å². The summed E-state index contributed by atoms with van der Waals surface area (Å²) < 4.78 is 11.2. The highest BCUT2D eigenvalue weighted by atomic mass is 16.7. The maximum absolute atomic E-state index is 9.31. The Morgan fingerprint density at radius 1 is 0.789 bits per heavy atom. The zero-order chi connectivity index (χ0) is 13.7. The summed E-state index contributed by atoms with van der Waals surface area (Å²) in [6.45, 7) is 3.81. The third-order valence-electron chi connectivity index (χ3n) is 2.73. The van der Waals surface area contributed by atoms with Crippen LogP contribution in [0.1, 0.15) is 11.1 Å². The van der Waals surface area contributed by atoms with E-state index < -0.39 is 6.29 Å². The summed E-state index contributed by atoms with van der Waals surface area (Å²) in [6, 6.07) is 15.2. The van der Waals surface area contributed by atoms with Crippen LogP contribution in [0.3, 0.4) is 0 Å². The molecular weight excluding hydrogens is 240 g/mol. The molecule has 0 bridgehead atoms. The van der Waals surface area contributed by atoms with Gasteiger partial charge in [-0.3, -0.25) is 0 Å². The van der Waals surface area contributed by atoms with Gasteiger partial charge < -0.3 is 14.6 Å². The Hall–Kier alpha value is -2.00. The quantitative estimate of drug-likeness (QED) is 0.838. The zero-order valence-electron chi connectivity index (χ0n) is 11.2. The number of benzene rings is 2. The van der Waals surface area contributed by atoms with E-state index in [1.165, 1.54) is 0 Å². The van der Waals surface area contributed by atoms with Gasteiger partial charge in [-0.05, 0) is 38.1 Å². The summed E-state index contributed by atoms with van der Waals surface area (Å²) >= 11 is 0. The van der Waals surface area contributed by atoms with Crippen molar-refractivity contribution in [3.8, 4) is 11.5 Å². The topological polar surface area (TPSA) is 38.7 Å². The molecule has 0 fully saturated rings. The Morgan fingerprint density at radius 3 is 1.47 bits per heavy atom. The molecule has 19 heavy (non-hydrogen) atoms. The van der Waals surface area contributed by atoms with E-state index in [0.717, 1.165) is 11.1 Å². The van der Waals surface area contributed by atoms with Gasteiger partial charge in [-0.25, -0.2) is 0 Å². The van der Waals surface area contributed by atoms with Gasteiger partial charge in [0.1, 0.15) is 18.1 Å². The van der Waals surface area contributed by atoms with E-state index in [0.29, 0.717) is 11.5 Å². The second kappa shape index (κ2) is 6.25. The van der Waals surface area contributed by atoms with Crippen molar-refractivity contribution in [1.29, 1.82) is 0 Å². The van der Waals surface area contributed by atoms with Gasteiger partial charge in [-0.2, -0.15) is 0 Å². The van der Waals surface area contributed by atoms with Crippen LogP contribution in [0.15, 0.2) is 48.5 Å². The minimum Gasteiger partial charge on any atom is -0.452 e. The molecule has 0 saturated carbocycles. The van der Waals surface area contributed by atoms with Crippen LogP contribution in [-0.4, -0.2) is 18.0 Å². The maximum atomic E-state index is 9.31. The van der Waals surface area contributed by atoms with Crippen molar-refractivity contribution in [2.45, 2.75) is 20.1 Å². The molecule has 0 heterocycles. The van der Waals surface area contributed by atoms with Crippen molar-refractivity contribution in [3.63, 3.8) is 0 Å². The highest BCUT2D eigenvalue weighted by Crippen LogP contribution is 2.17. The predicted octanol–water partition coefficient (Wildman–Crippen LogP) is 3.08. The molecule has 0 spiro atoms. The minimum atomic E-state index is -0.703. The van der Waals surface area contributed by atoms with Crippen LogP contribution < -0.4 is 9.47 Å². The van der Waals surface area contributed by atoms with E-state index in [1.807, 2.05) is 62.4 Å². The van der Waals surface area contributed by atoms with Crippen LogP contribution in [-0.2, 0) is 0 Å². The number of aliphatic hydroxyl groups excluding tert-OH is 1. The van der Waals surface area contributed by atoms with E-state index in [4.69, 9.17) is 9.47 Å². The molecule has 0 aliphatic carbocycles. The molecule has 2 rings (SSSR count). The van der Waals surface area contributed by atoms with Gasteiger partial charge in [0.05, 0.1) is 0 Å². The van der Waals surface area contributed by atoms with Crippen LogP contribution in [0, 0.1) is 13.8 Å². The van der Waals surface area contributed by atoms with Crippen molar-refractivity contribution in [2.75, 3.05) is 6.61 Å². The molecule has 100 valence electrons. The molecule has 2 aromatic carbocycles. The standard InChI is InChI=1S/C16H18O3/c1-12-3-7-14(8-4-12)18-16(11-17)19-15-9-5-13(2)6-10-15/h3-10,16-17H,11H2,1-2H3. The molecule has 3 nitrogen and oxygen atoms in total. The average Bonchev–Trinajstić information content (AvgIpc) is 2.43. The molecule has 0 amide bonds. The van der Waals surface area contributed by atoms with Crippen LogP contribution in [0.2, 0.25) is 0 Å². The van der Waals surface area contributed by atoms with E-state index in [-0.39, 0.29) is 6.61 Å². The SMILES string of the molecule is Cc1ccc(OC(CO)Oc2ccc(C)cc2)cc1. The fourth-order valence-corrected chi connectivity index (χ4v) is 1.64. The van der Waals surface area contributed by atoms with E-state index in [2.05, 4.69) is 0 Å². The third kappa shape index (κ3) is 4.00. The second-order valence-electron chi connectivity index (χ2n) is 4.47. The highest BCUT2D eigenvalue weighted by Gasteiger charge is 2.10. The molecule has 0 radical (unpaired) electrons. The van der Waals surface area contributed by atoms with Gasteiger partial charge in [-0.15, -0.1) is 0 Å². The summed E-state index contributed by atoms with van der Waals surface area (Å²) in [7, 11) is 0. The van der Waals surface area contributed by atoms with Crippen molar-refractivity contribution >= 4 is 0 Å². The Bertz CT molecular complexity index is 455. The number of hydrogen-bond acceptors (Lipinski definition) is 3. The Morgan fingerprint density at radius 2 is 1.16 bits per heavy atom. The van der Waals surface area contributed by atoms with E-state index in [1.54, 1.807) is 0 Å². The second-order valence-corrected chi connectivity index (χ2v) is 4.47. The molecule has 0 aliphatic heterocycles. The lowest BCUT2D eigenvalue weighted by atomic mass is 10.2. The van der Waals surface area contributed by atoms with Crippen LogP contribution in [0.4, 0.5) is 0 Å². The molecule has 0 saturated heterocycles. The lowest BCUT2D eigenvalue weighted by Crippen LogP contribution is -2.27. The van der Waals surface area contributed by atoms with Crippen molar-refractivity contribution < 1.29 is 14.6 Å². The summed E-state index contributed by atoms with van der Waals surface area (Å²) in [5, 5.41) is 9.31. The first-order valence-corrected chi connectivity index (χ1v) is 6.25. The summed E-state index contributed by atoms with van der Waals surface area (Å²) in [5.41, 5.74) is 2.32. The average molecular weight is 258 g/mol.